The molecule has 2 aliphatic carbocycles. The molecule has 1 unspecified atom stereocenters. The van der Waals surface area contributed by atoms with Crippen LogP contribution in [0.15, 0.2) is 0 Å². The molecule has 14 heavy (non-hydrogen) atoms. The molecule has 0 aromatic rings. The van der Waals surface area contributed by atoms with Crippen molar-refractivity contribution in [2.45, 2.75) is 50.8 Å². The minimum atomic E-state index is -4.55. The molecule has 2 saturated carbocycles. The second-order valence-electron chi connectivity index (χ2n) is 4.71. The molecule has 0 N–H and O–H groups in total. The summed E-state index contributed by atoms with van der Waals surface area (Å²) in [6, 6.07) is 0. The van der Waals surface area contributed by atoms with Gasteiger partial charge in [-0.2, -0.15) is 0 Å². The van der Waals surface area contributed by atoms with Crippen molar-refractivity contribution in [1.82, 2.24) is 0 Å². The van der Waals surface area contributed by atoms with Gasteiger partial charge in [0.1, 0.15) is 0 Å². The predicted octanol–water partition coefficient (Wildman–Crippen LogP) is 0.952. The average molecular weight is 230 g/mol. The van der Waals surface area contributed by atoms with Crippen molar-refractivity contribution in [1.29, 1.82) is 0 Å². The molecule has 76 valence electrons. The monoisotopic (exact) mass is 230 g/mol. The summed E-state index contributed by atoms with van der Waals surface area (Å²) in [4.78, 5) is 0. The van der Waals surface area contributed by atoms with Gasteiger partial charge in [0.15, 0.2) is 0 Å². The van der Waals surface area contributed by atoms with Crippen LogP contribution in [-0.4, -0.2) is 6.98 Å². The molecule has 5 heteroatoms. The molecule has 2 aliphatic rings. The quantitative estimate of drug-likeness (QED) is 0.588. The smallest absolute Gasteiger partial charge is 0.449 e. The van der Waals surface area contributed by atoms with Gasteiger partial charge in [0.25, 0.3) is 0 Å². The minimum Gasteiger partial charge on any atom is -0.449 e. The Hall–Kier alpha value is 1.49. The molecule has 0 aliphatic heterocycles. The van der Waals surface area contributed by atoms with Gasteiger partial charge in [-0.05, 0) is 0 Å². The second kappa shape index (κ2) is 4.78. The predicted molar refractivity (Wildman–Crippen MR) is 47.6 cm³/mol. The Morgan fingerprint density at radius 1 is 0.929 bits per heavy atom. The summed E-state index contributed by atoms with van der Waals surface area (Å²) in [5.41, 5.74) is -0.283. The maximum absolute atomic E-state index is 12.5. The summed E-state index contributed by atoms with van der Waals surface area (Å²) in [6.07, 6.45) is 6.42. The molecule has 1 spiro atoms. The van der Waals surface area contributed by atoms with Crippen LogP contribution in [0.5, 0.6) is 0 Å². The zero-order valence-corrected chi connectivity index (χ0v) is 11.9. The summed E-state index contributed by atoms with van der Waals surface area (Å²) >= 11 is 0. The van der Waals surface area contributed by atoms with E-state index in [0.717, 1.165) is 38.5 Å². The van der Waals surface area contributed by atoms with Gasteiger partial charge >= 0.3 is 58.4 Å². The number of rotatable bonds is 1. The van der Waals surface area contributed by atoms with Crippen molar-refractivity contribution >= 4 is 6.98 Å². The maximum Gasteiger partial charge on any atom is 1.00 e. The normalized spacial score (nSPS) is 30.6. The SMILES string of the molecule is F[B-](F)(F)C1CC12CCCCCC2.[K+]. The Balaban J connectivity index is 0.000000980. The largest absolute Gasteiger partial charge is 1.00 e. The number of hydrogen-bond acceptors (Lipinski definition) is 0. The molecule has 1 atom stereocenters. The van der Waals surface area contributed by atoms with E-state index in [-0.39, 0.29) is 56.8 Å². The summed E-state index contributed by atoms with van der Waals surface area (Å²) in [6.45, 7) is -4.55. The minimum absolute atomic E-state index is 0. The molecule has 0 aromatic carbocycles. The Bertz CT molecular complexity index is 197. The van der Waals surface area contributed by atoms with E-state index in [2.05, 4.69) is 0 Å². The van der Waals surface area contributed by atoms with Crippen LogP contribution >= 0.6 is 0 Å². The topological polar surface area (TPSA) is 0 Å². The summed E-state index contributed by atoms with van der Waals surface area (Å²) < 4.78 is 37.4. The third-order valence-corrected chi connectivity index (χ3v) is 3.81. The van der Waals surface area contributed by atoms with E-state index in [4.69, 9.17) is 0 Å². The van der Waals surface area contributed by atoms with Crippen molar-refractivity contribution in [2.24, 2.45) is 5.41 Å². The summed E-state index contributed by atoms with van der Waals surface area (Å²) in [5.74, 6) is -0.898. The van der Waals surface area contributed by atoms with Gasteiger partial charge in [0.05, 0.1) is 0 Å². The van der Waals surface area contributed by atoms with Crippen molar-refractivity contribution in [2.75, 3.05) is 0 Å². The van der Waals surface area contributed by atoms with Gasteiger partial charge in [0, 0.05) is 0 Å². The third kappa shape index (κ3) is 2.79. The standard InChI is InChI=1S/C9H15BF3.K/c11-10(12,13)8-7-9(8)5-3-1-2-4-6-9;/h8H,1-7H2;/q-1;+1. The summed E-state index contributed by atoms with van der Waals surface area (Å²) in [5, 5.41) is 0. The first kappa shape index (κ1) is 13.6. The van der Waals surface area contributed by atoms with Gasteiger partial charge in [-0.3, -0.25) is 0 Å². The molecule has 0 bridgehead atoms. The van der Waals surface area contributed by atoms with Crippen LogP contribution < -0.4 is 51.4 Å². The van der Waals surface area contributed by atoms with Crippen molar-refractivity contribution in [3.8, 4) is 0 Å². The molecule has 0 radical (unpaired) electrons. The zero-order chi connectivity index (χ0) is 9.53. The molecule has 2 fully saturated rings. The molecule has 0 heterocycles. The van der Waals surface area contributed by atoms with E-state index in [1.165, 1.54) is 0 Å². The molecular weight excluding hydrogens is 215 g/mol. The van der Waals surface area contributed by atoms with Crippen molar-refractivity contribution < 1.29 is 64.3 Å². The Labute approximate surface area is 126 Å². The first-order valence-corrected chi connectivity index (χ1v) is 5.25. The number of hydrogen-bond donors (Lipinski definition) is 0. The van der Waals surface area contributed by atoms with Gasteiger partial charge in [-0.15, -0.1) is 0 Å². The fourth-order valence-corrected chi connectivity index (χ4v) is 2.92. The fraction of sp³-hybridized carbons (Fsp3) is 1.00. The summed E-state index contributed by atoms with van der Waals surface area (Å²) in [7, 11) is 0. The van der Waals surface area contributed by atoms with Crippen LogP contribution in [-0.2, 0) is 0 Å². The first-order valence-electron chi connectivity index (χ1n) is 5.25. The van der Waals surface area contributed by atoms with Crippen LogP contribution in [0.1, 0.15) is 44.9 Å². The second-order valence-corrected chi connectivity index (χ2v) is 4.71. The Morgan fingerprint density at radius 3 is 1.79 bits per heavy atom. The first-order chi connectivity index (χ1) is 6.05. The van der Waals surface area contributed by atoms with Crippen molar-refractivity contribution in [3.05, 3.63) is 0 Å². The number of halogens is 3. The molecule has 2 rings (SSSR count). The van der Waals surface area contributed by atoms with Gasteiger partial charge in [-0.1, -0.05) is 56.2 Å². The maximum atomic E-state index is 12.5. The Kier molecular flexibility index (Phi) is 4.63. The van der Waals surface area contributed by atoms with E-state index in [1.54, 1.807) is 0 Å². The fourth-order valence-electron chi connectivity index (χ4n) is 2.92. The molecule has 0 amide bonds. The molecule has 0 nitrogen and oxygen atoms in total. The third-order valence-electron chi connectivity index (χ3n) is 3.81. The van der Waals surface area contributed by atoms with Crippen LogP contribution in [0.3, 0.4) is 0 Å². The molecule has 0 saturated heterocycles. The van der Waals surface area contributed by atoms with Crippen molar-refractivity contribution in [3.63, 3.8) is 0 Å². The van der Waals surface area contributed by atoms with Crippen LogP contribution in [0.25, 0.3) is 0 Å². The van der Waals surface area contributed by atoms with E-state index in [9.17, 15) is 12.9 Å². The van der Waals surface area contributed by atoms with Gasteiger partial charge in [-0.25, -0.2) is 0 Å². The average Bonchev–Trinajstić information content (AvgIpc) is 2.76. The van der Waals surface area contributed by atoms with Gasteiger partial charge in [0.2, 0.25) is 0 Å². The van der Waals surface area contributed by atoms with Crippen LogP contribution in [0.2, 0.25) is 5.82 Å². The van der Waals surface area contributed by atoms with E-state index in [0.29, 0.717) is 6.42 Å². The zero-order valence-electron chi connectivity index (χ0n) is 8.74. The van der Waals surface area contributed by atoms with E-state index >= 15 is 0 Å². The Morgan fingerprint density at radius 2 is 1.43 bits per heavy atom. The molecular formula is C9H15BF3K. The van der Waals surface area contributed by atoms with Crippen LogP contribution in [0.4, 0.5) is 12.9 Å². The van der Waals surface area contributed by atoms with Gasteiger partial charge < -0.3 is 12.9 Å². The molecule has 0 aromatic heterocycles. The van der Waals surface area contributed by atoms with E-state index in [1.807, 2.05) is 0 Å². The van der Waals surface area contributed by atoms with Crippen LogP contribution in [0, 0.1) is 5.41 Å². The van der Waals surface area contributed by atoms with E-state index < -0.39 is 12.8 Å².